The van der Waals surface area contributed by atoms with Gasteiger partial charge in [0.1, 0.15) is 11.8 Å². The Balaban J connectivity index is 1.46. The Bertz CT molecular complexity index is 868. The number of hydrogen-bond acceptors (Lipinski definition) is 4. The lowest BCUT2D eigenvalue weighted by Crippen LogP contribution is -2.55. The third-order valence-electron chi connectivity index (χ3n) is 5.01. The molecule has 2 N–H and O–H groups in total. The molecule has 2 fully saturated rings. The Morgan fingerprint density at radius 3 is 2.85 bits per heavy atom. The summed E-state index contributed by atoms with van der Waals surface area (Å²) in [5, 5.41) is 13.7. The van der Waals surface area contributed by atoms with E-state index in [1.807, 2.05) is 18.2 Å². The van der Waals surface area contributed by atoms with Crippen molar-refractivity contribution < 1.29 is 19.1 Å². The molecule has 1 aliphatic heterocycles. The number of aliphatic hydroxyl groups is 1. The van der Waals surface area contributed by atoms with Gasteiger partial charge in [0.2, 0.25) is 0 Å². The van der Waals surface area contributed by atoms with E-state index in [2.05, 4.69) is 10.3 Å². The molecule has 1 aliphatic carbocycles. The van der Waals surface area contributed by atoms with Gasteiger partial charge in [-0.25, -0.2) is 4.39 Å². The van der Waals surface area contributed by atoms with Gasteiger partial charge in [-0.05, 0) is 31.0 Å². The van der Waals surface area contributed by atoms with Crippen molar-refractivity contribution in [2.45, 2.75) is 37.1 Å². The molecule has 26 heavy (non-hydrogen) atoms. The first-order valence-electron chi connectivity index (χ1n) is 8.76. The molecule has 1 saturated heterocycles. The molecular weight excluding hydrogens is 337 g/mol. The van der Waals surface area contributed by atoms with Gasteiger partial charge in [-0.1, -0.05) is 12.1 Å². The van der Waals surface area contributed by atoms with Crippen molar-refractivity contribution in [2.24, 2.45) is 0 Å². The van der Waals surface area contributed by atoms with E-state index in [4.69, 9.17) is 0 Å². The number of amides is 2. The van der Waals surface area contributed by atoms with Crippen molar-refractivity contribution >= 4 is 22.7 Å². The summed E-state index contributed by atoms with van der Waals surface area (Å²) in [4.78, 5) is 30.4. The maximum absolute atomic E-state index is 14.1. The molecule has 2 atom stereocenters. The second-order valence-corrected chi connectivity index (χ2v) is 7.16. The Morgan fingerprint density at radius 2 is 2.08 bits per heavy atom. The molecule has 4 rings (SSSR count). The number of nitrogens with zero attached hydrogens (tertiary/aromatic N) is 2. The summed E-state index contributed by atoms with van der Waals surface area (Å²) in [7, 11) is 0. The fourth-order valence-electron chi connectivity index (χ4n) is 3.41. The van der Waals surface area contributed by atoms with Gasteiger partial charge in [0, 0.05) is 36.2 Å². The van der Waals surface area contributed by atoms with Gasteiger partial charge >= 0.3 is 0 Å². The van der Waals surface area contributed by atoms with E-state index in [0.29, 0.717) is 23.9 Å². The normalized spacial score (nSPS) is 24.3. The van der Waals surface area contributed by atoms with Crippen molar-refractivity contribution in [3.8, 4) is 0 Å². The third kappa shape index (κ3) is 3.26. The Morgan fingerprint density at radius 1 is 1.27 bits per heavy atom. The average Bonchev–Trinajstić information content (AvgIpc) is 3.39. The fourth-order valence-corrected chi connectivity index (χ4v) is 3.41. The number of aromatic nitrogens is 1. The van der Waals surface area contributed by atoms with Crippen molar-refractivity contribution in [1.82, 2.24) is 15.2 Å². The zero-order chi connectivity index (χ0) is 18.3. The molecule has 1 aromatic heterocycles. The number of benzene rings is 1. The minimum absolute atomic E-state index is 0.0343. The second kappa shape index (κ2) is 6.32. The topological polar surface area (TPSA) is 82.5 Å². The number of pyridine rings is 1. The molecule has 136 valence electrons. The number of rotatable bonds is 3. The smallest absolute Gasteiger partial charge is 0.254 e. The summed E-state index contributed by atoms with van der Waals surface area (Å²) in [5.41, 5.74) is -0.175. The first kappa shape index (κ1) is 16.9. The van der Waals surface area contributed by atoms with Crippen LogP contribution in [0.3, 0.4) is 0 Å². The van der Waals surface area contributed by atoms with Gasteiger partial charge in [0.15, 0.2) is 0 Å². The number of likely N-dealkylation sites (tertiary alicyclic amines) is 1. The van der Waals surface area contributed by atoms with E-state index in [1.165, 1.54) is 4.90 Å². The highest BCUT2D eigenvalue weighted by Crippen LogP contribution is 2.37. The molecule has 2 aromatic rings. The van der Waals surface area contributed by atoms with Gasteiger partial charge in [-0.2, -0.15) is 0 Å². The molecule has 2 amide bonds. The summed E-state index contributed by atoms with van der Waals surface area (Å²) >= 11 is 0. The van der Waals surface area contributed by atoms with Gasteiger partial charge in [0.25, 0.3) is 11.8 Å². The van der Waals surface area contributed by atoms with E-state index in [1.54, 1.807) is 18.3 Å². The number of carbonyl (C=O) groups is 2. The number of piperidine rings is 1. The van der Waals surface area contributed by atoms with Crippen LogP contribution in [0.4, 0.5) is 4.39 Å². The fraction of sp³-hybridized carbons (Fsp3) is 0.421. The largest absolute Gasteiger partial charge is 0.380 e. The lowest BCUT2D eigenvalue weighted by atomic mass is 10.0. The monoisotopic (exact) mass is 357 g/mol. The quantitative estimate of drug-likeness (QED) is 0.871. The van der Waals surface area contributed by atoms with Gasteiger partial charge in [0.05, 0.1) is 12.1 Å². The summed E-state index contributed by atoms with van der Waals surface area (Å²) < 4.78 is 14.1. The predicted octanol–water partition coefficient (Wildman–Crippen LogP) is 1.43. The molecule has 0 unspecified atom stereocenters. The summed E-state index contributed by atoms with van der Waals surface area (Å²) in [6.07, 6.45) is 1.42. The van der Waals surface area contributed by atoms with Crippen LogP contribution in [0.25, 0.3) is 10.9 Å². The van der Waals surface area contributed by atoms with E-state index in [9.17, 15) is 19.1 Å². The number of halogens is 1. The van der Waals surface area contributed by atoms with Crippen LogP contribution in [0.15, 0.2) is 36.5 Å². The Kier molecular flexibility index (Phi) is 4.11. The third-order valence-corrected chi connectivity index (χ3v) is 5.01. The van der Waals surface area contributed by atoms with Gasteiger partial charge in [-0.15, -0.1) is 0 Å². The molecule has 0 bridgehead atoms. The van der Waals surface area contributed by atoms with Crippen LogP contribution in [0.2, 0.25) is 0 Å². The van der Waals surface area contributed by atoms with Crippen LogP contribution in [0, 0.1) is 0 Å². The average molecular weight is 357 g/mol. The molecule has 2 aliphatic rings. The van der Waals surface area contributed by atoms with Crippen molar-refractivity contribution in [2.75, 3.05) is 13.1 Å². The van der Waals surface area contributed by atoms with E-state index in [0.717, 1.165) is 5.39 Å². The zero-order valence-electron chi connectivity index (χ0n) is 14.2. The van der Waals surface area contributed by atoms with Crippen molar-refractivity contribution in [3.05, 3.63) is 42.1 Å². The van der Waals surface area contributed by atoms with Crippen LogP contribution in [-0.4, -0.2) is 57.7 Å². The van der Waals surface area contributed by atoms with Crippen LogP contribution in [0.5, 0.6) is 0 Å². The van der Waals surface area contributed by atoms with Gasteiger partial charge < -0.3 is 15.3 Å². The SMILES string of the molecule is O=C(N[C@H]1C[C@H](F)CN(C(=O)C2(O)CC2)C1)c1ccc2cccnc2c1. The van der Waals surface area contributed by atoms with Crippen LogP contribution >= 0.6 is 0 Å². The Hall–Kier alpha value is -2.54. The highest BCUT2D eigenvalue weighted by atomic mass is 19.1. The van der Waals surface area contributed by atoms with Crippen LogP contribution in [0.1, 0.15) is 29.6 Å². The summed E-state index contributed by atoms with van der Waals surface area (Å²) in [5.74, 6) is -0.761. The molecule has 2 heterocycles. The minimum Gasteiger partial charge on any atom is -0.380 e. The number of carbonyl (C=O) groups excluding carboxylic acids is 2. The standard InChI is InChI=1S/C19H20FN3O3/c20-14-9-15(11-23(10-14)18(25)19(26)5-6-19)22-17(24)13-4-3-12-2-1-7-21-16(12)8-13/h1-4,7-8,14-15,26H,5-6,9-11H2,(H,22,24)/t14-,15-/m0/s1. The van der Waals surface area contributed by atoms with Gasteiger partial charge in [-0.3, -0.25) is 14.6 Å². The second-order valence-electron chi connectivity index (χ2n) is 7.16. The lowest BCUT2D eigenvalue weighted by Gasteiger charge is -2.36. The van der Waals surface area contributed by atoms with Crippen molar-refractivity contribution in [1.29, 1.82) is 0 Å². The first-order valence-corrected chi connectivity index (χ1v) is 8.76. The van der Waals surface area contributed by atoms with Crippen LogP contribution in [-0.2, 0) is 4.79 Å². The number of fused-ring (bicyclic) bond motifs is 1. The molecule has 0 radical (unpaired) electrons. The molecule has 1 aromatic carbocycles. The number of alkyl halides is 1. The molecular formula is C19H20FN3O3. The highest BCUT2D eigenvalue weighted by Gasteiger charge is 2.51. The number of nitrogens with one attached hydrogen (secondary N) is 1. The molecule has 6 nitrogen and oxygen atoms in total. The van der Waals surface area contributed by atoms with E-state index < -0.39 is 23.7 Å². The maximum atomic E-state index is 14.1. The predicted molar refractivity (Wildman–Crippen MR) is 93.3 cm³/mol. The summed E-state index contributed by atoms with van der Waals surface area (Å²) in [6, 6.07) is 8.45. The minimum atomic E-state index is -1.32. The van der Waals surface area contributed by atoms with E-state index >= 15 is 0 Å². The summed E-state index contributed by atoms with van der Waals surface area (Å²) in [6.45, 7) is 0.173. The maximum Gasteiger partial charge on any atom is 0.254 e. The van der Waals surface area contributed by atoms with Crippen LogP contribution < -0.4 is 5.32 Å². The first-order chi connectivity index (χ1) is 12.4. The van der Waals surface area contributed by atoms with Crippen molar-refractivity contribution in [3.63, 3.8) is 0 Å². The Labute approximate surface area is 150 Å². The highest BCUT2D eigenvalue weighted by molar-refractivity contribution is 5.98. The number of hydrogen-bond donors (Lipinski definition) is 2. The lowest BCUT2D eigenvalue weighted by molar-refractivity contribution is -0.145. The molecule has 0 spiro atoms. The van der Waals surface area contributed by atoms with E-state index in [-0.39, 0.29) is 25.4 Å². The zero-order valence-corrected chi connectivity index (χ0v) is 14.2. The molecule has 1 saturated carbocycles. The molecule has 7 heteroatoms.